The van der Waals surface area contributed by atoms with Crippen LogP contribution in [0.5, 0.6) is 0 Å². The fourth-order valence-electron chi connectivity index (χ4n) is 7.31. The number of carbonyl (C=O) groups excluding carboxylic acids is 3. The van der Waals surface area contributed by atoms with Crippen LogP contribution in [0.25, 0.3) is 0 Å². The maximum atomic E-state index is 15.5. The van der Waals surface area contributed by atoms with Crippen LogP contribution < -0.4 is 43.3 Å². The summed E-state index contributed by atoms with van der Waals surface area (Å²) in [7, 11) is -2.48. The van der Waals surface area contributed by atoms with Crippen LogP contribution >= 0.6 is 15.8 Å². The van der Waals surface area contributed by atoms with Crippen LogP contribution in [0.3, 0.4) is 0 Å². The van der Waals surface area contributed by atoms with Crippen LogP contribution in [0, 0.1) is 0 Å². The molecule has 1 aliphatic rings. The van der Waals surface area contributed by atoms with Gasteiger partial charge in [0.05, 0.1) is 13.1 Å². The Morgan fingerprint density at radius 3 is 1.09 bits per heavy atom. The van der Waals surface area contributed by atoms with Crippen LogP contribution in [-0.2, 0) is 4.74 Å². The van der Waals surface area contributed by atoms with Crippen molar-refractivity contribution in [2.75, 3.05) is 13.1 Å². The smallest absolute Gasteiger partial charge is 0.410 e. The molecule has 1 fully saturated rings. The van der Waals surface area contributed by atoms with Crippen LogP contribution in [-0.4, -0.2) is 52.3 Å². The van der Waals surface area contributed by atoms with Crippen molar-refractivity contribution >= 4 is 65.3 Å². The predicted octanol–water partition coefficient (Wildman–Crippen LogP) is 5.91. The van der Waals surface area contributed by atoms with Crippen LogP contribution in [0.2, 0.25) is 0 Å². The summed E-state index contributed by atoms with van der Waals surface area (Å²) in [6.07, 6.45) is -0.700. The summed E-state index contributed by atoms with van der Waals surface area (Å²) in [4.78, 5) is 46.1. The van der Waals surface area contributed by atoms with E-state index in [1.807, 2.05) is 97.1 Å². The van der Waals surface area contributed by atoms with E-state index in [0.29, 0.717) is 11.1 Å². The zero-order valence-corrected chi connectivity index (χ0v) is 33.5. The molecule has 0 spiro atoms. The van der Waals surface area contributed by atoms with Crippen LogP contribution in [0.1, 0.15) is 41.5 Å². The van der Waals surface area contributed by atoms with Crippen molar-refractivity contribution in [1.82, 2.24) is 4.90 Å². The van der Waals surface area contributed by atoms with Gasteiger partial charge in [-0.3, -0.25) is 9.59 Å². The number of hydrogen-bond donors (Lipinski definition) is 2. The Morgan fingerprint density at radius 2 is 0.786 bits per heavy atom. The van der Waals surface area contributed by atoms with E-state index >= 15 is 9.59 Å². The van der Waals surface area contributed by atoms with E-state index in [2.05, 4.69) is 48.5 Å². The second kappa shape index (κ2) is 16.1. The monoisotopic (exact) mass is 777 g/mol. The lowest BCUT2D eigenvalue weighted by molar-refractivity contribution is 0.0281. The second-order valence-electron chi connectivity index (χ2n) is 15.0. The molecule has 0 radical (unpaired) electrons. The van der Waals surface area contributed by atoms with E-state index < -0.39 is 50.2 Å². The molecule has 9 heteroatoms. The molecule has 2 atom stereocenters. The highest BCUT2D eigenvalue weighted by Crippen LogP contribution is 2.40. The van der Waals surface area contributed by atoms with E-state index in [1.54, 1.807) is 45.0 Å². The molecule has 6 aromatic rings. The van der Waals surface area contributed by atoms with Gasteiger partial charge in [0.2, 0.25) is 0 Å². The Bertz CT molecular complexity index is 2110. The molecule has 56 heavy (non-hydrogen) atoms. The van der Waals surface area contributed by atoms with E-state index in [0.717, 1.165) is 31.8 Å². The standard InChI is InChI=1S/C47H45N3O4P2/c1-45(2,3)54-44(53)50-32-46(48,42(51)38-28-16-18-30-40(38)55(34-20-8-4-9-21-34)35-22-10-5-11-23-35)47(49,33-50)43(52)39-29-17-19-31-41(39)56(36-24-12-6-13-25-36)37-26-14-7-15-27-37/h4-31H,32-33,48-49H2,1-3H3/t46-,47-/m1/s1. The first kappa shape index (κ1) is 39.0. The highest BCUT2D eigenvalue weighted by atomic mass is 31.1. The number of ether oxygens (including phenoxy) is 1. The third-order valence-electron chi connectivity index (χ3n) is 9.98. The molecule has 7 rings (SSSR count). The lowest BCUT2D eigenvalue weighted by Crippen LogP contribution is -2.73. The largest absolute Gasteiger partial charge is 0.444 e. The molecular weight excluding hydrogens is 732 g/mol. The average Bonchev–Trinajstić information content (AvgIpc) is 3.51. The molecule has 7 nitrogen and oxygen atoms in total. The lowest BCUT2D eigenvalue weighted by atomic mass is 9.71. The quantitative estimate of drug-likeness (QED) is 0.132. The van der Waals surface area contributed by atoms with Gasteiger partial charge in [-0.05, 0) is 68.4 Å². The van der Waals surface area contributed by atoms with E-state index in [9.17, 15) is 4.79 Å². The Kier molecular flexibility index (Phi) is 11.2. The number of rotatable bonds is 10. The molecule has 6 aromatic carbocycles. The highest BCUT2D eigenvalue weighted by Gasteiger charge is 2.64. The number of hydrogen-bond acceptors (Lipinski definition) is 6. The van der Waals surface area contributed by atoms with Crippen molar-refractivity contribution in [1.29, 1.82) is 0 Å². The van der Waals surface area contributed by atoms with E-state index in [-0.39, 0.29) is 13.1 Å². The number of likely N-dealkylation sites (tertiary alicyclic amines) is 1. The summed E-state index contributed by atoms with van der Waals surface area (Å²) >= 11 is 0. The third-order valence-corrected chi connectivity index (χ3v) is 15.0. The fraction of sp³-hybridized carbons (Fsp3) is 0.170. The number of ketones is 2. The van der Waals surface area contributed by atoms with Crippen LogP contribution in [0.15, 0.2) is 170 Å². The van der Waals surface area contributed by atoms with Crippen molar-refractivity contribution in [3.05, 3.63) is 181 Å². The normalized spacial score (nSPS) is 18.2. The number of Topliss-reactive ketones (excluding diaryl/α,β-unsaturated/α-hetero) is 2. The topological polar surface area (TPSA) is 116 Å². The number of benzene rings is 6. The molecule has 0 saturated carbocycles. The summed E-state index contributed by atoms with van der Waals surface area (Å²) in [6, 6.07) is 55.0. The first-order chi connectivity index (χ1) is 26.9. The van der Waals surface area contributed by atoms with Gasteiger partial charge in [-0.1, -0.05) is 170 Å². The summed E-state index contributed by atoms with van der Waals surface area (Å²) in [6.45, 7) is 4.65. The summed E-state index contributed by atoms with van der Waals surface area (Å²) in [5, 5.41) is 5.72. The second-order valence-corrected chi connectivity index (χ2v) is 19.4. The maximum absolute atomic E-state index is 15.5. The Hall–Kier alpha value is -5.29. The molecular formula is C47H45N3O4P2. The van der Waals surface area contributed by atoms with Gasteiger partial charge in [-0.15, -0.1) is 0 Å². The molecule has 0 aliphatic carbocycles. The molecule has 4 N–H and O–H groups in total. The van der Waals surface area contributed by atoms with Gasteiger partial charge in [-0.2, -0.15) is 0 Å². The SMILES string of the molecule is CC(C)(C)OC(=O)N1C[C@@](N)(C(=O)c2ccccc2P(c2ccccc2)c2ccccc2)[C@](N)(C(=O)c2ccccc2P(c2ccccc2)c2ccccc2)C1. The molecule has 282 valence electrons. The van der Waals surface area contributed by atoms with Gasteiger partial charge in [0.25, 0.3) is 0 Å². The van der Waals surface area contributed by atoms with Crippen molar-refractivity contribution < 1.29 is 19.1 Å². The minimum atomic E-state index is -2.04. The van der Waals surface area contributed by atoms with Gasteiger partial charge in [0.15, 0.2) is 11.6 Å². The van der Waals surface area contributed by atoms with Gasteiger partial charge in [-0.25, -0.2) is 4.79 Å². The minimum absolute atomic E-state index is 0.319. The number of nitrogens with zero attached hydrogens (tertiary/aromatic N) is 1. The first-order valence-corrected chi connectivity index (χ1v) is 21.2. The van der Waals surface area contributed by atoms with Crippen LogP contribution in [0.4, 0.5) is 4.79 Å². The maximum Gasteiger partial charge on any atom is 0.410 e. The van der Waals surface area contributed by atoms with Crippen molar-refractivity contribution in [3.8, 4) is 0 Å². The third kappa shape index (κ3) is 7.61. The Balaban J connectivity index is 1.39. The zero-order chi connectivity index (χ0) is 39.5. The number of nitrogens with two attached hydrogens (primary N) is 2. The van der Waals surface area contributed by atoms with Crippen molar-refractivity contribution in [2.24, 2.45) is 11.5 Å². The molecule has 1 saturated heterocycles. The highest BCUT2D eigenvalue weighted by molar-refractivity contribution is 7.80. The molecule has 0 unspecified atom stereocenters. The summed E-state index contributed by atoms with van der Waals surface area (Å²) in [5.74, 6) is -1.03. The van der Waals surface area contributed by atoms with E-state index in [4.69, 9.17) is 16.2 Å². The Morgan fingerprint density at radius 1 is 0.500 bits per heavy atom. The molecule has 0 aromatic heterocycles. The van der Waals surface area contributed by atoms with Gasteiger partial charge >= 0.3 is 6.09 Å². The molecule has 1 amide bonds. The minimum Gasteiger partial charge on any atom is -0.444 e. The van der Waals surface area contributed by atoms with Gasteiger partial charge < -0.3 is 21.1 Å². The lowest BCUT2D eigenvalue weighted by Gasteiger charge is -2.38. The average molecular weight is 778 g/mol. The number of amides is 1. The summed E-state index contributed by atoms with van der Waals surface area (Å²) in [5.41, 5.74) is 10.6. The molecule has 1 heterocycles. The first-order valence-electron chi connectivity index (χ1n) is 18.6. The molecule has 0 bridgehead atoms. The zero-order valence-electron chi connectivity index (χ0n) is 31.7. The van der Waals surface area contributed by atoms with E-state index in [1.165, 1.54) is 4.90 Å². The molecule has 1 aliphatic heterocycles. The Labute approximate surface area is 331 Å². The van der Waals surface area contributed by atoms with Crippen molar-refractivity contribution in [3.63, 3.8) is 0 Å². The number of carbonyl (C=O) groups is 3. The fourth-order valence-corrected chi connectivity index (χ4v) is 12.2. The predicted molar refractivity (Wildman–Crippen MR) is 231 cm³/mol. The van der Waals surface area contributed by atoms with Gasteiger partial charge in [0.1, 0.15) is 16.7 Å². The summed E-state index contributed by atoms with van der Waals surface area (Å²) < 4.78 is 5.79. The van der Waals surface area contributed by atoms with Gasteiger partial charge in [0, 0.05) is 11.1 Å². The van der Waals surface area contributed by atoms with Crippen molar-refractivity contribution in [2.45, 2.75) is 37.5 Å².